The Hall–Kier alpha value is -0.480. The van der Waals surface area contributed by atoms with E-state index in [1.807, 2.05) is 12.5 Å². The maximum absolute atomic E-state index is 4.14. The van der Waals surface area contributed by atoms with Crippen molar-refractivity contribution in [3.63, 3.8) is 0 Å². The van der Waals surface area contributed by atoms with Gasteiger partial charge in [-0.2, -0.15) is 11.8 Å². The molecule has 1 unspecified atom stereocenters. The Morgan fingerprint density at radius 2 is 2.11 bits per heavy atom. The second kappa shape index (κ2) is 6.11. The van der Waals surface area contributed by atoms with E-state index in [2.05, 4.69) is 53.6 Å². The number of nitrogens with one attached hydrogen (secondary N) is 1. The maximum atomic E-state index is 4.14. The number of nitrogens with zero attached hydrogens (tertiary/aromatic N) is 2. The summed E-state index contributed by atoms with van der Waals surface area (Å²) in [6, 6.07) is 1.19. The van der Waals surface area contributed by atoms with Gasteiger partial charge in [0.2, 0.25) is 0 Å². The van der Waals surface area contributed by atoms with Gasteiger partial charge in [0, 0.05) is 31.0 Å². The molecule has 1 aromatic rings. The lowest BCUT2D eigenvalue weighted by molar-refractivity contribution is 0.217. The molecule has 0 radical (unpaired) electrons. The van der Waals surface area contributed by atoms with E-state index in [0.29, 0.717) is 12.1 Å². The van der Waals surface area contributed by atoms with Gasteiger partial charge in [-0.25, -0.2) is 4.98 Å². The molecule has 2 rings (SSSR count). The number of aromatic nitrogens is 2. The fourth-order valence-corrected chi connectivity index (χ4v) is 3.44. The van der Waals surface area contributed by atoms with Gasteiger partial charge in [0.05, 0.1) is 6.33 Å². The Balaban J connectivity index is 1.96. The van der Waals surface area contributed by atoms with Crippen LogP contribution in [-0.2, 0) is 6.54 Å². The molecular weight excluding hydrogens is 242 g/mol. The van der Waals surface area contributed by atoms with Crippen molar-refractivity contribution in [2.75, 3.05) is 11.5 Å². The van der Waals surface area contributed by atoms with E-state index < -0.39 is 0 Å². The molecule has 1 aliphatic rings. The third-order valence-electron chi connectivity index (χ3n) is 3.66. The highest BCUT2D eigenvalue weighted by atomic mass is 32.2. The van der Waals surface area contributed by atoms with Gasteiger partial charge < -0.3 is 9.88 Å². The Bertz CT molecular complexity index is 336. The third-order valence-corrected chi connectivity index (χ3v) is 4.70. The van der Waals surface area contributed by atoms with E-state index in [9.17, 15) is 0 Å². The number of hydrogen-bond acceptors (Lipinski definition) is 3. The largest absolute Gasteiger partial charge is 0.336 e. The Kier molecular flexibility index (Phi) is 4.73. The summed E-state index contributed by atoms with van der Waals surface area (Å²) in [7, 11) is 0. The standard InChI is InChI=1S/C14H25N3S/c1-14(2,3)13(10-17-7-6-15-11-17)16-12-4-8-18-9-5-12/h6-7,11-13,16H,4-5,8-10H2,1-3H3. The quantitative estimate of drug-likeness (QED) is 0.910. The summed E-state index contributed by atoms with van der Waals surface area (Å²) in [5.74, 6) is 2.61. The molecule has 4 heteroatoms. The number of imidazole rings is 1. The Morgan fingerprint density at radius 1 is 1.39 bits per heavy atom. The fraction of sp³-hybridized carbons (Fsp3) is 0.786. The van der Waals surface area contributed by atoms with Crippen LogP contribution in [-0.4, -0.2) is 33.1 Å². The predicted molar refractivity (Wildman–Crippen MR) is 79.0 cm³/mol. The van der Waals surface area contributed by atoms with Gasteiger partial charge in [0.25, 0.3) is 0 Å². The van der Waals surface area contributed by atoms with Crippen molar-refractivity contribution in [2.45, 2.75) is 52.2 Å². The topological polar surface area (TPSA) is 29.9 Å². The summed E-state index contributed by atoms with van der Waals surface area (Å²) >= 11 is 2.08. The zero-order valence-corrected chi connectivity index (χ0v) is 12.5. The van der Waals surface area contributed by atoms with Crippen molar-refractivity contribution in [1.29, 1.82) is 0 Å². The van der Waals surface area contributed by atoms with Crippen LogP contribution in [0.25, 0.3) is 0 Å². The van der Waals surface area contributed by atoms with Crippen LogP contribution in [0.3, 0.4) is 0 Å². The van der Waals surface area contributed by atoms with E-state index >= 15 is 0 Å². The first-order chi connectivity index (χ1) is 8.55. The highest BCUT2D eigenvalue weighted by Crippen LogP contribution is 2.24. The minimum absolute atomic E-state index is 0.273. The molecule has 0 aliphatic carbocycles. The fourth-order valence-electron chi connectivity index (χ4n) is 2.33. The van der Waals surface area contributed by atoms with Crippen LogP contribution in [0, 0.1) is 5.41 Å². The summed E-state index contributed by atoms with van der Waals surface area (Å²) in [5.41, 5.74) is 0.273. The molecular formula is C14H25N3S. The lowest BCUT2D eigenvalue weighted by Crippen LogP contribution is -2.49. The van der Waals surface area contributed by atoms with Crippen molar-refractivity contribution >= 4 is 11.8 Å². The maximum Gasteiger partial charge on any atom is 0.0946 e. The van der Waals surface area contributed by atoms with Crippen LogP contribution in [0.2, 0.25) is 0 Å². The zero-order valence-electron chi connectivity index (χ0n) is 11.7. The van der Waals surface area contributed by atoms with E-state index in [1.165, 1.54) is 24.3 Å². The van der Waals surface area contributed by atoms with E-state index in [0.717, 1.165) is 6.54 Å². The van der Waals surface area contributed by atoms with Crippen LogP contribution in [0.15, 0.2) is 18.7 Å². The monoisotopic (exact) mass is 267 g/mol. The molecule has 0 bridgehead atoms. The third kappa shape index (κ3) is 4.02. The molecule has 1 N–H and O–H groups in total. The Labute approximate surface area is 115 Å². The van der Waals surface area contributed by atoms with Gasteiger partial charge in [-0.3, -0.25) is 0 Å². The normalized spacial score (nSPS) is 19.9. The van der Waals surface area contributed by atoms with Crippen molar-refractivity contribution in [1.82, 2.24) is 14.9 Å². The van der Waals surface area contributed by atoms with Gasteiger partial charge in [-0.05, 0) is 29.8 Å². The molecule has 102 valence electrons. The molecule has 0 amide bonds. The average molecular weight is 267 g/mol. The lowest BCUT2D eigenvalue weighted by atomic mass is 9.85. The first-order valence-corrected chi connectivity index (χ1v) is 8.01. The van der Waals surface area contributed by atoms with Crippen LogP contribution < -0.4 is 5.32 Å². The molecule has 3 nitrogen and oxygen atoms in total. The number of hydrogen-bond donors (Lipinski definition) is 1. The van der Waals surface area contributed by atoms with Gasteiger partial charge in [0.15, 0.2) is 0 Å². The minimum atomic E-state index is 0.273. The summed E-state index contributed by atoms with van der Waals surface area (Å²) in [6.45, 7) is 7.96. The first-order valence-electron chi connectivity index (χ1n) is 6.85. The average Bonchev–Trinajstić information content (AvgIpc) is 2.81. The summed E-state index contributed by atoms with van der Waals surface area (Å²) in [4.78, 5) is 4.14. The van der Waals surface area contributed by atoms with Crippen molar-refractivity contribution in [3.05, 3.63) is 18.7 Å². The second-order valence-corrected chi connectivity index (χ2v) is 7.46. The SMILES string of the molecule is CC(C)(C)C(Cn1ccnc1)NC1CCSCC1. The van der Waals surface area contributed by atoms with Crippen LogP contribution >= 0.6 is 11.8 Å². The van der Waals surface area contributed by atoms with Crippen molar-refractivity contribution < 1.29 is 0 Å². The molecule has 0 saturated carbocycles. The molecule has 0 aromatic carbocycles. The summed E-state index contributed by atoms with van der Waals surface area (Å²) < 4.78 is 2.18. The van der Waals surface area contributed by atoms with Crippen LogP contribution in [0.4, 0.5) is 0 Å². The van der Waals surface area contributed by atoms with Crippen LogP contribution in [0.5, 0.6) is 0 Å². The predicted octanol–water partition coefficient (Wildman–Crippen LogP) is 2.78. The summed E-state index contributed by atoms with van der Waals surface area (Å²) in [6.07, 6.45) is 8.44. The Morgan fingerprint density at radius 3 is 2.67 bits per heavy atom. The second-order valence-electron chi connectivity index (χ2n) is 6.23. The van der Waals surface area contributed by atoms with E-state index in [4.69, 9.17) is 0 Å². The van der Waals surface area contributed by atoms with E-state index in [1.54, 1.807) is 0 Å². The lowest BCUT2D eigenvalue weighted by Gasteiger charge is -2.36. The summed E-state index contributed by atoms with van der Waals surface area (Å²) in [5, 5.41) is 3.87. The highest BCUT2D eigenvalue weighted by Gasteiger charge is 2.27. The molecule has 1 aromatic heterocycles. The van der Waals surface area contributed by atoms with Crippen molar-refractivity contribution in [2.24, 2.45) is 5.41 Å². The van der Waals surface area contributed by atoms with Crippen LogP contribution in [0.1, 0.15) is 33.6 Å². The van der Waals surface area contributed by atoms with Gasteiger partial charge in [0.1, 0.15) is 0 Å². The molecule has 2 heterocycles. The molecule has 18 heavy (non-hydrogen) atoms. The molecule has 1 aliphatic heterocycles. The highest BCUT2D eigenvalue weighted by molar-refractivity contribution is 7.99. The van der Waals surface area contributed by atoms with Crippen molar-refractivity contribution in [3.8, 4) is 0 Å². The molecule has 1 atom stereocenters. The van der Waals surface area contributed by atoms with Gasteiger partial charge >= 0.3 is 0 Å². The smallest absolute Gasteiger partial charge is 0.0946 e. The van der Waals surface area contributed by atoms with Gasteiger partial charge in [-0.15, -0.1) is 0 Å². The minimum Gasteiger partial charge on any atom is -0.336 e. The number of thioether (sulfide) groups is 1. The molecule has 0 spiro atoms. The number of rotatable bonds is 4. The zero-order chi connectivity index (χ0) is 13.0. The van der Waals surface area contributed by atoms with Gasteiger partial charge in [-0.1, -0.05) is 20.8 Å². The first kappa shape index (κ1) is 13.9. The molecule has 1 fully saturated rings. The molecule has 1 saturated heterocycles. The van der Waals surface area contributed by atoms with E-state index in [-0.39, 0.29) is 5.41 Å².